The van der Waals surface area contributed by atoms with E-state index >= 15 is 0 Å². The summed E-state index contributed by atoms with van der Waals surface area (Å²) in [6.07, 6.45) is 3.32. The van der Waals surface area contributed by atoms with Gasteiger partial charge in [0.1, 0.15) is 0 Å². The van der Waals surface area contributed by atoms with E-state index in [0.717, 1.165) is 0 Å². The first kappa shape index (κ1) is 18.6. The number of benzene rings is 1. The maximum Gasteiger partial charge on any atom is 0.225 e. The lowest BCUT2D eigenvalue weighted by Crippen LogP contribution is -2.49. The Balaban J connectivity index is 1.53. The van der Waals surface area contributed by atoms with Crippen molar-refractivity contribution in [3.05, 3.63) is 47.7 Å². The fourth-order valence-electron chi connectivity index (χ4n) is 2.77. The Hall–Kier alpha value is -2.19. The molecule has 2 aromatic rings. The third-order valence-corrected chi connectivity index (χ3v) is 6.16. The van der Waals surface area contributed by atoms with E-state index < -0.39 is 9.84 Å². The molecular formula is C17H19ClN4O3S. The van der Waals surface area contributed by atoms with Crippen molar-refractivity contribution in [1.82, 2.24) is 14.9 Å². The molecule has 1 aromatic heterocycles. The molecule has 1 saturated heterocycles. The second-order valence-corrected chi connectivity index (χ2v) is 8.49. The predicted molar refractivity (Wildman–Crippen MR) is 98.9 cm³/mol. The second-order valence-electron chi connectivity index (χ2n) is 5.94. The van der Waals surface area contributed by atoms with Crippen molar-refractivity contribution < 1.29 is 13.2 Å². The van der Waals surface area contributed by atoms with Crippen LogP contribution >= 0.6 is 11.6 Å². The van der Waals surface area contributed by atoms with Crippen LogP contribution in [0.1, 0.15) is 6.42 Å². The molecule has 9 heteroatoms. The summed E-state index contributed by atoms with van der Waals surface area (Å²) in [4.78, 5) is 24.6. The van der Waals surface area contributed by atoms with Gasteiger partial charge in [-0.3, -0.25) is 4.79 Å². The zero-order valence-corrected chi connectivity index (χ0v) is 15.7. The van der Waals surface area contributed by atoms with Crippen LogP contribution in [0.4, 0.5) is 5.95 Å². The molecular weight excluding hydrogens is 376 g/mol. The van der Waals surface area contributed by atoms with Crippen LogP contribution in [-0.2, 0) is 14.6 Å². The highest BCUT2D eigenvalue weighted by molar-refractivity contribution is 7.91. The van der Waals surface area contributed by atoms with Gasteiger partial charge in [-0.1, -0.05) is 17.7 Å². The smallest absolute Gasteiger partial charge is 0.225 e. The number of piperazine rings is 1. The number of rotatable bonds is 5. The molecule has 1 amide bonds. The van der Waals surface area contributed by atoms with E-state index in [2.05, 4.69) is 9.97 Å². The minimum absolute atomic E-state index is 0.0450. The molecule has 3 rings (SSSR count). The second kappa shape index (κ2) is 8.01. The largest absolute Gasteiger partial charge is 0.339 e. The minimum atomic E-state index is -3.53. The Kier molecular flexibility index (Phi) is 5.73. The molecule has 0 unspecified atom stereocenters. The van der Waals surface area contributed by atoms with Crippen molar-refractivity contribution >= 4 is 33.3 Å². The van der Waals surface area contributed by atoms with Crippen molar-refractivity contribution in [2.24, 2.45) is 0 Å². The van der Waals surface area contributed by atoms with E-state index in [1.807, 2.05) is 4.90 Å². The minimum Gasteiger partial charge on any atom is -0.339 e. The normalized spacial score (nSPS) is 15.1. The van der Waals surface area contributed by atoms with Crippen molar-refractivity contribution in [3.8, 4) is 0 Å². The van der Waals surface area contributed by atoms with Crippen LogP contribution in [0.2, 0.25) is 5.02 Å². The van der Waals surface area contributed by atoms with Crippen molar-refractivity contribution in [2.75, 3.05) is 36.8 Å². The van der Waals surface area contributed by atoms with Crippen LogP contribution in [-0.4, -0.2) is 61.1 Å². The van der Waals surface area contributed by atoms with Gasteiger partial charge in [0.05, 0.1) is 10.6 Å². The van der Waals surface area contributed by atoms with E-state index in [-0.39, 0.29) is 23.0 Å². The third kappa shape index (κ3) is 4.50. The van der Waals surface area contributed by atoms with Crippen molar-refractivity contribution in [2.45, 2.75) is 11.3 Å². The fourth-order valence-corrected chi connectivity index (χ4v) is 4.29. The van der Waals surface area contributed by atoms with Gasteiger partial charge in [-0.05, 0) is 24.3 Å². The summed E-state index contributed by atoms with van der Waals surface area (Å²) in [5.41, 5.74) is 0. The van der Waals surface area contributed by atoms with Gasteiger partial charge in [-0.2, -0.15) is 0 Å². The number of hydrogen-bond donors (Lipinski definition) is 0. The van der Waals surface area contributed by atoms with Crippen molar-refractivity contribution in [1.29, 1.82) is 0 Å². The van der Waals surface area contributed by atoms with Crippen LogP contribution in [0.25, 0.3) is 0 Å². The van der Waals surface area contributed by atoms with E-state index in [0.29, 0.717) is 37.1 Å². The number of carbonyl (C=O) groups excluding carboxylic acids is 1. The summed E-state index contributed by atoms with van der Waals surface area (Å²) in [6, 6.07) is 7.84. The van der Waals surface area contributed by atoms with Gasteiger partial charge in [-0.25, -0.2) is 18.4 Å². The summed E-state index contributed by atoms with van der Waals surface area (Å²) >= 11 is 5.85. The van der Waals surface area contributed by atoms with Crippen LogP contribution in [0.3, 0.4) is 0 Å². The summed E-state index contributed by atoms with van der Waals surface area (Å²) < 4.78 is 24.7. The molecule has 0 N–H and O–H groups in total. The van der Waals surface area contributed by atoms with Gasteiger partial charge >= 0.3 is 0 Å². The number of hydrogen-bond acceptors (Lipinski definition) is 6. The Labute approximate surface area is 157 Å². The number of amides is 1. The van der Waals surface area contributed by atoms with Gasteiger partial charge in [0.25, 0.3) is 0 Å². The lowest BCUT2D eigenvalue weighted by atomic mass is 10.3. The maximum absolute atomic E-state index is 12.4. The summed E-state index contributed by atoms with van der Waals surface area (Å²) in [6.45, 7) is 2.29. The molecule has 1 aromatic carbocycles. The lowest BCUT2D eigenvalue weighted by Gasteiger charge is -2.34. The number of carbonyl (C=O) groups is 1. The summed E-state index contributed by atoms with van der Waals surface area (Å²) in [5.74, 6) is 0.251. The average Bonchev–Trinajstić information content (AvgIpc) is 2.67. The van der Waals surface area contributed by atoms with Crippen LogP contribution < -0.4 is 4.90 Å². The van der Waals surface area contributed by atoms with E-state index in [9.17, 15) is 13.2 Å². The Bertz CT molecular complexity index is 869. The van der Waals surface area contributed by atoms with Gasteiger partial charge in [0, 0.05) is 50.0 Å². The molecule has 1 aliphatic rings. The van der Waals surface area contributed by atoms with Gasteiger partial charge < -0.3 is 9.80 Å². The molecule has 0 spiro atoms. The molecule has 2 heterocycles. The Morgan fingerprint density at radius 3 is 2.42 bits per heavy atom. The molecule has 7 nitrogen and oxygen atoms in total. The topological polar surface area (TPSA) is 83.5 Å². The number of anilines is 1. The SMILES string of the molecule is O=C(CCS(=O)(=O)c1cccc(Cl)c1)N1CCN(c2ncccn2)CC1. The molecule has 1 aliphatic heterocycles. The molecule has 0 aliphatic carbocycles. The zero-order chi connectivity index (χ0) is 18.6. The molecule has 0 radical (unpaired) electrons. The van der Waals surface area contributed by atoms with E-state index in [1.165, 1.54) is 12.1 Å². The first-order chi connectivity index (χ1) is 12.5. The summed E-state index contributed by atoms with van der Waals surface area (Å²) in [7, 11) is -3.53. The zero-order valence-electron chi connectivity index (χ0n) is 14.1. The van der Waals surface area contributed by atoms with Gasteiger partial charge in [0.15, 0.2) is 9.84 Å². The number of halogens is 1. The van der Waals surface area contributed by atoms with Crippen LogP contribution in [0, 0.1) is 0 Å². The molecule has 0 bridgehead atoms. The first-order valence-electron chi connectivity index (χ1n) is 8.24. The highest BCUT2D eigenvalue weighted by Crippen LogP contribution is 2.18. The van der Waals surface area contributed by atoms with E-state index in [4.69, 9.17) is 11.6 Å². The quantitative estimate of drug-likeness (QED) is 0.766. The molecule has 138 valence electrons. The Morgan fingerprint density at radius 2 is 1.77 bits per heavy atom. The van der Waals surface area contributed by atoms with Gasteiger partial charge in [0.2, 0.25) is 11.9 Å². The predicted octanol–water partition coefficient (Wildman–Crippen LogP) is 1.64. The summed E-state index contributed by atoms with van der Waals surface area (Å²) in [5, 5.41) is 0.358. The van der Waals surface area contributed by atoms with E-state index in [1.54, 1.807) is 35.5 Å². The number of nitrogens with zero attached hydrogens (tertiary/aromatic N) is 4. The fraction of sp³-hybridized carbons (Fsp3) is 0.353. The lowest BCUT2D eigenvalue weighted by molar-refractivity contribution is -0.131. The highest BCUT2D eigenvalue weighted by atomic mass is 35.5. The average molecular weight is 395 g/mol. The molecule has 0 saturated carbocycles. The van der Waals surface area contributed by atoms with Crippen molar-refractivity contribution in [3.63, 3.8) is 0 Å². The molecule has 1 fully saturated rings. The monoisotopic (exact) mass is 394 g/mol. The maximum atomic E-state index is 12.4. The standard InChI is InChI=1S/C17H19ClN4O3S/c18-14-3-1-4-15(13-14)26(24,25)12-5-16(23)21-8-10-22(11-9-21)17-19-6-2-7-20-17/h1-4,6-7,13H,5,8-12H2. The van der Waals surface area contributed by atoms with Gasteiger partial charge in [-0.15, -0.1) is 0 Å². The molecule has 0 atom stereocenters. The number of sulfone groups is 1. The van der Waals surface area contributed by atoms with Crippen LogP contribution in [0.15, 0.2) is 47.6 Å². The Morgan fingerprint density at radius 1 is 1.08 bits per heavy atom. The first-order valence-corrected chi connectivity index (χ1v) is 10.3. The highest BCUT2D eigenvalue weighted by Gasteiger charge is 2.24. The van der Waals surface area contributed by atoms with Crippen LogP contribution in [0.5, 0.6) is 0 Å². The number of aromatic nitrogens is 2. The molecule has 26 heavy (non-hydrogen) atoms. The third-order valence-electron chi connectivity index (χ3n) is 4.21.